The number of para-hydroxylation sites is 1. The number of nitrogens with two attached hydrogens (primary N) is 1. The van der Waals surface area contributed by atoms with Crippen LogP contribution in [-0.2, 0) is 29.3 Å². The van der Waals surface area contributed by atoms with E-state index in [1.54, 1.807) is 24.3 Å². The number of hydrogen-bond acceptors (Lipinski definition) is 6. The molecule has 0 saturated heterocycles. The topological polar surface area (TPSA) is 108 Å². The normalized spacial score (nSPS) is 25.7. The van der Waals surface area contributed by atoms with E-state index in [0.717, 1.165) is 0 Å². The van der Waals surface area contributed by atoms with Crippen LogP contribution in [0.3, 0.4) is 0 Å². The van der Waals surface area contributed by atoms with Gasteiger partial charge in [-0.2, -0.15) is 0 Å². The zero-order chi connectivity index (χ0) is 19.6. The summed E-state index contributed by atoms with van der Waals surface area (Å²) in [6, 6.07) is 7.06. The number of allylic oxidation sites excluding steroid dienone is 1. The molecule has 0 fully saturated rings. The third-order valence-electron chi connectivity index (χ3n) is 5.65. The summed E-state index contributed by atoms with van der Waals surface area (Å²) in [4.78, 5) is 38.7. The number of anilines is 1. The first-order valence-electron chi connectivity index (χ1n) is 8.66. The van der Waals surface area contributed by atoms with Crippen molar-refractivity contribution in [3.63, 3.8) is 0 Å². The summed E-state index contributed by atoms with van der Waals surface area (Å²) in [6.07, 6.45) is 0.297. The summed E-state index contributed by atoms with van der Waals surface area (Å²) in [6.45, 7) is 3.65. The van der Waals surface area contributed by atoms with E-state index in [2.05, 4.69) is 5.32 Å². The van der Waals surface area contributed by atoms with E-state index in [9.17, 15) is 14.4 Å². The second-order valence-electron chi connectivity index (χ2n) is 7.64. The Balaban J connectivity index is 2.06. The number of hydrogen-bond donors (Lipinski definition) is 2. The second-order valence-corrected chi connectivity index (χ2v) is 7.64. The maximum absolute atomic E-state index is 13.3. The van der Waals surface area contributed by atoms with Gasteiger partial charge in [0, 0.05) is 35.1 Å². The van der Waals surface area contributed by atoms with Crippen LogP contribution in [-0.4, -0.2) is 24.8 Å². The predicted octanol–water partition coefficient (Wildman–Crippen LogP) is 1.89. The fourth-order valence-corrected chi connectivity index (χ4v) is 4.22. The van der Waals surface area contributed by atoms with Crippen LogP contribution in [0.15, 0.2) is 47.1 Å². The number of methoxy groups -OCH3 is 1. The lowest BCUT2D eigenvalue weighted by atomic mass is 9.62. The Hall–Kier alpha value is -3.09. The Labute approximate surface area is 156 Å². The Morgan fingerprint density at radius 3 is 2.67 bits per heavy atom. The maximum Gasteiger partial charge on any atom is 0.340 e. The van der Waals surface area contributed by atoms with Crippen LogP contribution in [0, 0.1) is 5.41 Å². The Kier molecular flexibility index (Phi) is 3.50. The molecule has 3 aliphatic rings. The first-order valence-corrected chi connectivity index (χ1v) is 8.66. The largest absolute Gasteiger partial charge is 0.465 e. The van der Waals surface area contributed by atoms with Crippen LogP contribution < -0.4 is 11.1 Å². The Morgan fingerprint density at radius 1 is 1.26 bits per heavy atom. The molecular weight excluding hydrogens is 348 g/mol. The molecule has 0 aromatic heterocycles. The average molecular weight is 368 g/mol. The third kappa shape index (κ3) is 2.11. The first kappa shape index (κ1) is 17.3. The van der Waals surface area contributed by atoms with Crippen molar-refractivity contribution >= 4 is 23.3 Å². The molecule has 1 aromatic rings. The molecule has 0 radical (unpaired) electrons. The van der Waals surface area contributed by atoms with E-state index < -0.39 is 22.7 Å². The van der Waals surface area contributed by atoms with Crippen LogP contribution in [0.2, 0.25) is 0 Å². The van der Waals surface area contributed by atoms with Gasteiger partial charge in [-0.15, -0.1) is 0 Å². The van der Waals surface area contributed by atoms with E-state index in [1.165, 1.54) is 7.11 Å². The molecular formula is C20H20N2O5. The molecule has 0 bridgehead atoms. The maximum atomic E-state index is 13.3. The number of rotatable bonds is 1. The fourth-order valence-electron chi connectivity index (χ4n) is 4.22. The van der Waals surface area contributed by atoms with Gasteiger partial charge in [-0.1, -0.05) is 32.0 Å². The molecule has 1 amide bonds. The minimum atomic E-state index is -1.52. The number of esters is 1. The molecule has 1 spiro atoms. The summed E-state index contributed by atoms with van der Waals surface area (Å²) in [5.41, 5.74) is 5.48. The molecule has 3 N–H and O–H groups in total. The number of Topliss-reactive ketones (excluding diaryl/α,β-unsaturated/α-hetero) is 1. The molecule has 0 saturated carbocycles. The van der Waals surface area contributed by atoms with Crippen LogP contribution in [0.5, 0.6) is 0 Å². The Bertz CT molecular complexity index is 972. The van der Waals surface area contributed by atoms with Gasteiger partial charge in [-0.3, -0.25) is 9.59 Å². The van der Waals surface area contributed by atoms with Crippen LogP contribution in [0.4, 0.5) is 5.69 Å². The molecule has 1 atom stereocenters. The summed E-state index contributed by atoms with van der Waals surface area (Å²) >= 11 is 0. The summed E-state index contributed by atoms with van der Waals surface area (Å²) in [7, 11) is 1.22. The van der Waals surface area contributed by atoms with Crippen molar-refractivity contribution in [2.45, 2.75) is 32.1 Å². The molecule has 140 valence electrons. The third-order valence-corrected chi connectivity index (χ3v) is 5.65. The van der Waals surface area contributed by atoms with Gasteiger partial charge < -0.3 is 20.5 Å². The summed E-state index contributed by atoms with van der Waals surface area (Å²) in [5, 5.41) is 2.82. The van der Waals surface area contributed by atoms with Crippen molar-refractivity contribution < 1.29 is 23.9 Å². The lowest BCUT2D eigenvalue weighted by molar-refractivity contribution is -0.139. The van der Waals surface area contributed by atoms with E-state index >= 15 is 0 Å². The zero-order valence-electron chi connectivity index (χ0n) is 15.3. The number of fused-ring (bicyclic) bond motifs is 3. The highest BCUT2D eigenvalue weighted by atomic mass is 16.5. The number of amides is 1. The van der Waals surface area contributed by atoms with E-state index in [-0.39, 0.29) is 23.7 Å². The number of nitrogens with one attached hydrogen (secondary N) is 1. The van der Waals surface area contributed by atoms with Crippen molar-refractivity contribution in [2.75, 3.05) is 12.4 Å². The van der Waals surface area contributed by atoms with Crippen molar-refractivity contribution in [1.82, 2.24) is 0 Å². The van der Waals surface area contributed by atoms with Crippen molar-refractivity contribution in [3.05, 3.63) is 52.6 Å². The molecule has 2 aliphatic heterocycles. The molecule has 7 heteroatoms. The SMILES string of the molecule is COC(=O)C1=C(N)OC2=C(CC(=O)C(C)(C)C2)[C@@]12C(=O)Nc1ccccc12. The van der Waals surface area contributed by atoms with Gasteiger partial charge >= 0.3 is 5.97 Å². The van der Waals surface area contributed by atoms with E-state index in [0.29, 0.717) is 29.0 Å². The number of ether oxygens (including phenoxy) is 2. The summed E-state index contributed by atoms with van der Waals surface area (Å²) in [5.74, 6) is -0.918. The number of benzene rings is 1. The van der Waals surface area contributed by atoms with E-state index in [1.807, 2.05) is 13.8 Å². The Morgan fingerprint density at radius 2 is 1.96 bits per heavy atom. The lowest BCUT2D eigenvalue weighted by Gasteiger charge is -2.42. The van der Waals surface area contributed by atoms with Crippen molar-refractivity contribution in [2.24, 2.45) is 11.1 Å². The van der Waals surface area contributed by atoms with Gasteiger partial charge in [0.25, 0.3) is 0 Å². The van der Waals surface area contributed by atoms with Gasteiger partial charge in [0.2, 0.25) is 11.8 Å². The molecule has 7 nitrogen and oxygen atoms in total. The van der Waals surface area contributed by atoms with Gasteiger partial charge in [0.1, 0.15) is 22.5 Å². The minimum absolute atomic E-state index is 0.00212. The lowest BCUT2D eigenvalue weighted by Crippen LogP contribution is -2.49. The quantitative estimate of drug-likeness (QED) is 0.733. The van der Waals surface area contributed by atoms with Crippen LogP contribution in [0.1, 0.15) is 32.3 Å². The molecule has 1 aromatic carbocycles. The smallest absolute Gasteiger partial charge is 0.340 e. The molecule has 4 rings (SSSR count). The van der Waals surface area contributed by atoms with Gasteiger partial charge in [-0.05, 0) is 6.07 Å². The first-order chi connectivity index (χ1) is 12.7. The predicted molar refractivity (Wildman–Crippen MR) is 96.1 cm³/mol. The number of ketones is 1. The zero-order valence-corrected chi connectivity index (χ0v) is 15.3. The molecule has 1 aliphatic carbocycles. The van der Waals surface area contributed by atoms with Crippen LogP contribution >= 0.6 is 0 Å². The van der Waals surface area contributed by atoms with Crippen molar-refractivity contribution in [3.8, 4) is 0 Å². The highest BCUT2D eigenvalue weighted by Gasteiger charge is 2.61. The van der Waals surface area contributed by atoms with Gasteiger partial charge in [0.15, 0.2) is 0 Å². The summed E-state index contributed by atoms with van der Waals surface area (Å²) < 4.78 is 10.7. The molecule has 27 heavy (non-hydrogen) atoms. The standard InChI is InChI=1S/C20H20N2O5/c1-19(2)9-13-11(8-14(19)23)20(15(16(21)27-13)17(24)26-3)10-6-4-5-7-12(10)22-18(20)25/h4-7H,8-9,21H2,1-3H3,(H,22,25)/t20-/m1/s1. The monoisotopic (exact) mass is 368 g/mol. The number of carbonyl (C=O) groups excluding carboxylic acids is 3. The molecule has 0 unspecified atom stereocenters. The van der Waals surface area contributed by atoms with Gasteiger partial charge in [-0.25, -0.2) is 4.79 Å². The second kappa shape index (κ2) is 5.45. The minimum Gasteiger partial charge on any atom is -0.465 e. The highest BCUT2D eigenvalue weighted by molar-refractivity contribution is 6.17. The van der Waals surface area contributed by atoms with Crippen LogP contribution in [0.25, 0.3) is 0 Å². The van der Waals surface area contributed by atoms with E-state index in [4.69, 9.17) is 15.2 Å². The number of carbonyl (C=O) groups is 3. The van der Waals surface area contributed by atoms with Gasteiger partial charge in [0.05, 0.1) is 7.11 Å². The molecule has 2 heterocycles. The fraction of sp³-hybridized carbons (Fsp3) is 0.350. The average Bonchev–Trinajstić information content (AvgIpc) is 2.89. The van der Waals surface area contributed by atoms with Crippen molar-refractivity contribution in [1.29, 1.82) is 0 Å². The highest BCUT2D eigenvalue weighted by Crippen LogP contribution is 2.56.